The van der Waals surface area contributed by atoms with Gasteiger partial charge in [-0.3, -0.25) is 4.79 Å². The molecule has 3 nitrogen and oxygen atoms in total. The second kappa shape index (κ2) is 6.01. The van der Waals surface area contributed by atoms with Crippen LogP contribution >= 0.6 is 15.9 Å². The van der Waals surface area contributed by atoms with Gasteiger partial charge in [-0.05, 0) is 31.6 Å². The lowest BCUT2D eigenvalue weighted by Gasteiger charge is -2.26. The van der Waals surface area contributed by atoms with Crippen LogP contribution < -0.4 is 0 Å². The van der Waals surface area contributed by atoms with Crippen molar-refractivity contribution in [1.82, 2.24) is 4.90 Å². The molecule has 0 radical (unpaired) electrons. The standard InChI is InChI=1S/C12H20BrNO2/c13-5-3-10-4-6-14(8-10)12(15)11-2-1-7-16-9-11/h10-11H,1-9H2. The van der Waals surface area contributed by atoms with Crippen LogP contribution in [0.1, 0.15) is 25.7 Å². The van der Waals surface area contributed by atoms with Crippen molar-refractivity contribution in [2.75, 3.05) is 31.6 Å². The molecule has 2 saturated heterocycles. The number of ether oxygens (including phenoxy) is 1. The predicted molar refractivity (Wildman–Crippen MR) is 66.6 cm³/mol. The van der Waals surface area contributed by atoms with E-state index in [2.05, 4.69) is 15.9 Å². The molecule has 0 aromatic rings. The smallest absolute Gasteiger partial charge is 0.228 e. The van der Waals surface area contributed by atoms with Crippen molar-refractivity contribution in [1.29, 1.82) is 0 Å². The number of likely N-dealkylation sites (tertiary alicyclic amines) is 1. The monoisotopic (exact) mass is 289 g/mol. The molecule has 2 aliphatic rings. The van der Waals surface area contributed by atoms with Crippen molar-refractivity contribution in [2.24, 2.45) is 11.8 Å². The average molecular weight is 290 g/mol. The van der Waals surface area contributed by atoms with Crippen LogP contribution in [0.15, 0.2) is 0 Å². The van der Waals surface area contributed by atoms with Gasteiger partial charge in [0.25, 0.3) is 0 Å². The normalized spacial score (nSPS) is 30.7. The topological polar surface area (TPSA) is 29.5 Å². The number of amides is 1. The molecule has 0 saturated carbocycles. The van der Waals surface area contributed by atoms with E-state index in [1.165, 1.54) is 12.8 Å². The lowest BCUT2D eigenvalue weighted by molar-refractivity contribution is -0.138. The summed E-state index contributed by atoms with van der Waals surface area (Å²) in [5, 5.41) is 1.05. The molecule has 2 rings (SSSR count). The minimum atomic E-state index is 0.136. The van der Waals surface area contributed by atoms with Gasteiger partial charge in [0.05, 0.1) is 12.5 Å². The van der Waals surface area contributed by atoms with Gasteiger partial charge in [-0.15, -0.1) is 0 Å². The molecule has 0 spiro atoms. The van der Waals surface area contributed by atoms with Gasteiger partial charge in [0.1, 0.15) is 0 Å². The first kappa shape index (κ1) is 12.4. The Labute approximate surface area is 106 Å². The van der Waals surface area contributed by atoms with Gasteiger partial charge < -0.3 is 9.64 Å². The average Bonchev–Trinajstić information content (AvgIpc) is 2.78. The van der Waals surface area contributed by atoms with Gasteiger partial charge in [0.15, 0.2) is 0 Å². The first-order chi connectivity index (χ1) is 7.81. The van der Waals surface area contributed by atoms with Crippen molar-refractivity contribution in [3.05, 3.63) is 0 Å². The molecule has 2 fully saturated rings. The van der Waals surface area contributed by atoms with Gasteiger partial charge in [-0.1, -0.05) is 15.9 Å². The molecular formula is C12H20BrNO2. The van der Waals surface area contributed by atoms with Crippen LogP contribution in [0, 0.1) is 11.8 Å². The molecule has 0 bridgehead atoms. The van der Waals surface area contributed by atoms with Gasteiger partial charge in [-0.2, -0.15) is 0 Å². The highest BCUT2D eigenvalue weighted by molar-refractivity contribution is 9.09. The number of halogens is 1. The van der Waals surface area contributed by atoms with E-state index in [1.807, 2.05) is 4.90 Å². The van der Waals surface area contributed by atoms with Gasteiger partial charge in [-0.25, -0.2) is 0 Å². The highest BCUT2D eigenvalue weighted by Crippen LogP contribution is 2.24. The Morgan fingerprint density at radius 3 is 3.00 bits per heavy atom. The number of nitrogens with zero attached hydrogens (tertiary/aromatic N) is 1. The molecule has 2 aliphatic heterocycles. The highest BCUT2D eigenvalue weighted by Gasteiger charge is 2.31. The van der Waals surface area contributed by atoms with E-state index in [1.54, 1.807) is 0 Å². The maximum Gasteiger partial charge on any atom is 0.228 e. The molecule has 2 heterocycles. The number of rotatable bonds is 3. The zero-order valence-corrected chi connectivity index (χ0v) is 11.2. The minimum Gasteiger partial charge on any atom is -0.381 e. The number of carbonyl (C=O) groups excluding carboxylic acids is 1. The zero-order chi connectivity index (χ0) is 11.4. The molecule has 0 aromatic heterocycles. The van der Waals surface area contributed by atoms with Gasteiger partial charge >= 0.3 is 0 Å². The maximum absolute atomic E-state index is 12.2. The van der Waals surface area contributed by atoms with Crippen LogP contribution in [0.25, 0.3) is 0 Å². The van der Waals surface area contributed by atoms with Crippen molar-refractivity contribution >= 4 is 21.8 Å². The van der Waals surface area contributed by atoms with Crippen LogP contribution in [0.3, 0.4) is 0 Å². The fourth-order valence-electron chi connectivity index (χ4n) is 2.62. The second-order valence-electron chi connectivity index (χ2n) is 4.83. The summed E-state index contributed by atoms with van der Waals surface area (Å²) in [7, 11) is 0. The van der Waals surface area contributed by atoms with Crippen LogP contribution in [0.5, 0.6) is 0 Å². The summed E-state index contributed by atoms with van der Waals surface area (Å²) in [6.45, 7) is 3.38. The SMILES string of the molecule is O=C(C1CCCOC1)N1CCC(CCBr)C1. The summed E-state index contributed by atoms with van der Waals surface area (Å²) in [6, 6.07) is 0. The van der Waals surface area contributed by atoms with E-state index < -0.39 is 0 Å². The zero-order valence-electron chi connectivity index (χ0n) is 9.66. The van der Waals surface area contributed by atoms with E-state index in [9.17, 15) is 4.79 Å². The minimum absolute atomic E-state index is 0.136. The van der Waals surface area contributed by atoms with Crippen molar-refractivity contribution in [3.63, 3.8) is 0 Å². The largest absolute Gasteiger partial charge is 0.381 e. The molecule has 0 aromatic carbocycles. The number of hydrogen-bond acceptors (Lipinski definition) is 2. The van der Waals surface area contributed by atoms with E-state index >= 15 is 0 Å². The molecule has 2 unspecified atom stereocenters. The molecule has 2 atom stereocenters. The van der Waals surface area contributed by atoms with Gasteiger partial charge in [0.2, 0.25) is 5.91 Å². The summed E-state index contributed by atoms with van der Waals surface area (Å²) < 4.78 is 5.38. The van der Waals surface area contributed by atoms with Crippen LogP contribution in [0.4, 0.5) is 0 Å². The van der Waals surface area contributed by atoms with E-state index in [4.69, 9.17) is 4.74 Å². The lowest BCUT2D eigenvalue weighted by atomic mass is 10.0. The quantitative estimate of drug-likeness (QED) is 0.745. The number of carbonyl (C=O) groups is 1. The Kier molecular flexibility index (Phi) is 4.65. The lowest BCUT2D eigenvalue weighted by Crippen LogP contribution is -2.38. The van der Waals surface area contributed by atoms with Crippen molar-refractivity contribution < 1.29 is 9.53 Å². The van der Waals surface area contributed by atoms with Crippen molar-refractivity contribution in [2.45, 2.75) is 25.7 Å². The van der Waals surface area contributed by atoms with Gasteiger partial charge in [0, 0.05) is 25.0 Å². The predicted octanol–water partition coefficient (Wildman–Crippen LogP) is 2.05. The Morgan fingerprint density at radius 2 is 2.31 bits per heavy atom. The van der Waals surface area contributed by atoms with Crippen LogP contribution in [0.2, 0.25) is 0 Å². The molecule has 1 amide bonds. The number of hydrogen-bond donors (Lipinski definition) is 0. The Bertz CT molecular complexity index is 241. The molecule has 92 valence electrons. The third-order valence-corrected chi connectivity index (χ3v) is 4.08. The third-order valence-electron chi connectivity index (χ3n) is 3.62. The fraction of sp³-hybridized carbons (Fsp3) is 0.917. The van der Waals surface area contributed by atoms with Crippen LogP contribution in [-0.2, 0) is 9.53 Å². The molecule has 16 heavy (non-hydrogen) atoms. The summed E-state index contributed by atoms with van der Waals surface area (Å²) in [5.74, 6) is 1.17. The third kappa shape index (κ3) is 2.98. The summed E-state index contributed by atoms with van der Waals surface area (Å²) in [6.07, 6.45) is 4.41. The van der Waals surface area contributed by atoms with Crippen LogP contribution in [-0.4, -0.2) is 42.4 Å². The Balaban J connectivity index is 1.81. The summed E-state index contributed by atoms with van der Waals surface area (Å²) >= 11 is 3.47. The van der Waals surface area contributed by atoms with E-state index in [0.717, 1.165) is 37.9 Å². The molecule has 4 heteroatoms. The first-order valence-corrected chi connectivity index (χ1v) is 7.36. The summed E-state index contributed by atoms with van der Waals surface area (Å²) in [4.78, 5) is 14.2. The fourth-order valence-corrected chi connectivity index (χ4v) is 3.26. The summed E-state index contributed by atoms with van der Waals surface area (Å²) in [5.41, 5.74) is 0. The van der Waals surface area contributed by atoms with E-state index in [0.29, 0.717) is 18.4 Å². The first-order valence-electron chi connectivity index (χ1n) is 6.23. The second-order valence-corrected chi connectivity index (χ2v) is 5.62. The highest BCUT2D eigenvalue weighted by atomic mass is 79.9. The van der Waals surface area contributed by atoms with Crippen molar-refractivity contribution in [3.8, 4) is 0 Å². The Morgan fingerprint density at radius 1 is 1.44 bits per heavy atom. The number of alkyl halides is 1. The molecular weight excluding hydrogens is 270 g/mol. The van der Waals surface area contributed by atoms with E-state index in [-0.39, 0.29) is 5.92 Å². The molecule has 0 N–H and O–H groups in total. The maximum atomic E-state index is 12.2. The Hall–Kier alpha value is -0.0900. The molecule has 0 aliphatic carbocycles.